The molecule has 1 aliphatic carbocycles. The molecule has 1 aliphatic heterocycles. The summed E-state index contributed by atoms with van der Waals surface area (Å²) in [5.41, 5.74) is 1.25. The van der Waals surface area contributed by atoms with E-state index in [1.165, 1.54) is 41.1 Å². The van der Waals surface area contributed by atoms with Gasteiger partial charge < -0.3 is 29.7 Å². The Bertz CT molecular complexity index is 1470. The summed E-state index contributed by atoms with van der Waals surface area (Å²) in [6.07, 6.45) is -3.44. The minimum absolute atomic E-state index is 0.159. The number of carbonyl (C=O) groups excluding carboxylic acids is 1. The molecule has 1 saturated heterocycles. The molecule has 14 heteroatoms. The van der Waals surface area contributed by atoms with Crippen LogP contribution in [0.15, 0.2) is 47.1 Å². The second-order valence-electron chi connectivity index (χ2n) is 9.93. The van der Waals surface area contributed by atoms with Crippen LogP contribution in [0.25, 0.3) is 11.3 Å². The number of methoxy groups -OCH3 is 1. The van der Waals surface area contributed by atoms with E-state index in [0.717, 1.165) is 6.07 Å². The minimum Gasteiger partial charge on any atom is -0.394 e. The third kappa shape index (κ3) is 5.74. The number of amides is 1. The molecule has 7 atom stereocenters. The molecule has 1 aromatic heterocycles. The number of nitriles is 1. The third-order valence-corrected chi connectivity index (χ3v) is 8.09. The largest absolute Gasteiger partial charge is 0.394 e. The van der Waals surface area contributed by atoms with Crippen molar-refractivity contribution in [2.24, 2.45) is 0 Å². The zero-order valence-corrected chi connectivity index (χ0v) is 24.0. The Morgan fingerprint density at radius 3 is 2.68 bits per heavy atom. The molecule has 216 valence electrons. The first-order valence-electron chi connectivity index (χ1n) is 12.7. The molecule has 3 aromatic rings. The number of aromatic nitrogens is 3. The van der Waals surface area contributed by atoms with Crippen LogP contribution in [-0.2, 0) is 14.3 Å². The molecule has 2 aliphatic rings. The van der Waals surface area contributed by atoms with Gasteiger partial charge in [-0.15, -0.1) is 5.10 Å². The van der Waals surface area contributed by atoms with E-state index in [-0.39, 0.29) is 10.7 Å². The number of nitrogens with zero attached hydrogens (tertiary/aromatic N) is 5. The van der Waals surface area contributed by atoms with Crippen molar-refractivity contribution in [1.82, 2.24) is 15.0 Å². The highest BCUT2D eigenvalue weighted by Crippen LogP contribution is 2.38. The van der Waals surface area contributed by atoms with E-state index in [1.54, 1.807) is 12.1 Å². The molecule has 0 unspecified atom stereocenters. The van der Waals surface area contributed by atoms with Crippen molar-refractivity contribution in [3.05, 3.63) is 63.5 Å². The van der Waals surface area contributed by atoms with E-state index in [9.17, 15) is 29.8 Å². The van der Waals surface area contributed by atoms with Gasteiger partial charge in [0, 0.05) is 27.9 Å². The number of halogens is 3. The van der Waals surface area contributed by atoms with Gasteiger partial charge in [-0.05, 0) is 49.2 Å². The Balaban J connectivity index is 1.54. The van der Waals surface area contributed by atoms with E-state index in [0.29, 0.717) is 34.1 Å². The summed E-state index contributed by atoms with van der Waals surface area (Å²) in [6, 6.07) is 9.06. The molecule has 2 aromatic carbocycles. The number of ether oxygens (including phenoxy) is 2. The van der Waals surface area contributed by atoms with Crippen LogP contribution in [0.5, 0.6) is 0 Å². The fourth-order valence-electron chi connectivity index (χ4n) is 5.28. The first-order chi connectivity index (χ1) is 19.6. The molecule has 1 saturated carbocycles. The molecule has 41 heavy (non-hydrogen) atoms. The summed E-state index contributed by atoms with van der Waals surface area (Å²) in [4.78, 5) is 15.6. The standard InChI is InChI=1S/C27H26BrClFN5O6/c1-40-25-23(34-11-19(32-33-34)14-6-16(29)9-17(30)7-14)24(38)22(12-36)41-26(25)27(39)35(20-2-3-21(20)37)18-5-13(10-31)4-15(28)8-18/h4-9,11,20-26,36-38H,2-3,12H2,1H3/t20-,21-,22+,23-,24-,25+,26+/m0/s1. The van der Waals surface area contributed by atoms with Crippen LogP contribution >= 0.6 is 27.5 Å². The Morgan fingerprint density at radius 2 is 2.07 bits per heavy atom. The first kappa shape index (κ1) is 29.5. The van der Waals surface area contributed by atoms with Gasteiger partial charge in [-0.3, -0.25) is 4.79 Å². The van der Waals surface area contributed by atoms with Gasteiger partial charge in [0.2, 0.25) is 0 Å². The summed E-state index contributed by atoms with van der Waals surface area (Å²) in [6.45, 7) is -0.625. The maximum absolute atomic E-state index is 14.3. The topological polar surface area (TPSA) is 154 Å². The fraction of sp³-hybridized carbons (Fsp3) is 0.407. The van der Waals surface area contributed by atoms with E-state index in [2.05, 4.69) is 32.3 Å². The lowest BCUT2D eigenvalue weighted by Gasteiger charge is -2.47. The maximum Gasteiger partial charge on any atom is 0.259 e. The summed E-state index contributed by atoms with van der Waals surface area (Å²) < 4.78 is 27.5. The average molecular weight is 651 g/mol. The van der Waals surface area contributed by atoms with Gasteiger partial charge in [-0.2, -0.15) is 5.26 Å². The van der Waals surface area contributed by atoms with Crippen LogP contribution in [-0.4, -0.2) is 86.5 Å². The van der Waals surface area contributed by atoms with Crippen molar-refractivity contribution in [2.75, 3.05) is 18.6 Å². The van der Waals surface area contributed by atoms with Gasteiger partial charge in [-0.1, -0.05) is 32.7 Å². The van der Waals surface area contributed by atoms with Crippen LogP contribution in [0, 0.1) is 17.1 Å². The SMILES string of the molecule is CO[C@@H]1[C@@H](n2cc(-c3cc(F)cc(Cl)c3)nn2)[C@@H](O)[C@@H](CO)O[C@H]1C(=O)N(c1cc(Br)cc(C#N)c1)[C@H]1CC[C@@H]1O. The van der Waals surface area contributed by atoms with Crippen molar-refractivity contribution in [2.45, 2.75) is 55.4 Å². The Labute approximate surface area is 247 Å². The number of rotatable bonds is 7. The third-order valence-electron chi connectivity index (χ3n) is 7.42. The zero-order valence-electron chi connectivity index (χ0n) is 21.6. The number of anilines is 1. The number of aliphatic hydroxyl groups is 3. The Kier molecular flexibility index (Phi) is 8.72. The molecule has 11 nitrogen and oxygen atoms in total. The van der Waals surface area contributed by atoms with Crippen molar-refractivity contribution in [3.8, 4) is 17.3 Å². The molecule has 2 heterocycles. The Hall–Kier alpha value is -2.96. The Morgan fingerprint density at radius 1 is 1.29 bits per heavy atom. The van der Waals surface area contributed by atoms with E-state index in [4.69, 9.17) is 21.1 Å². The molecule has 2 fully saturated rings. The van der Waals surface area contributed by atoms with Crippen LogP contribution in [0.2, 0.25) is 5.02 Å². The van der Waals surface area contributed by atoms with Crippen molar-refractivity contribution in [1.29, 1.82) is 5.26 Å². The second-order valence-corrected chi connectivity index (χ2v) is 11.3. The highest BCUT2D eigenvalue weighted by Gasteiger charge is 2.52. The summed E-state index contributed by atoms with van der Waals surface area (Å²) in [7, 11) is 1.34. The van der Waals surface area contributed by atoms with Gasteiger partial charge in [0.15, 0.2) is 6.10 Å². The lowest BCUT2D eigenvalue weighted by Crippen LogP contribution is -2.64. The highest BCUT2D eigenvalue weighted by molar-refractivity contribution is 9.10. The quantitative estimate of drug-likeness (QED) is 0.350. The summed E-state index contributed by atoms with van der Waals surface area (Å²) >= 11 is 9.37. The number of carbonyl (C=O) groups is 1. The van der Waals surface area contributed by atoms with Gasteiger partial charge in [0.25, 0.3) is 5.91 Å². The molecule has 5 rings (SSSR count). The molecule has 0 bridgehead atoms. The predicted molar refractivity (Wildman–Crippen MR) is 147 cm³/mol. The van der Waals surface area contributed by atoms with Crippen molar-refractivity contribution < 1.29 is 34.0 Å². The predicted octanol–water partition coefficient (Wildman–Crippen LogP) is 2.60. The summed E-state index contributed by atoms with van der Waals surface area (Å²) in [5.74, 6) is -1.17. The molecule has 3 N–H and O–H groups in total. The van der Waals surface area contributed by atoms with Crippen LogP contribution in [0.3, 0.4) is 0 Å². The minimum atomic E-state index is -1.38. The van der Waals surface area contributed by atoms with Gasteiger partial charge >= 0.3 is 0 Å². The lowest BCUT2D eigenvalue weighted by atomic mass is 9.85. The fourth-order valence-corrected chi connectivity index (χ4v) is 5.98. The average Bonchev–Trinajstić information content (AvgIpc) is 3.43. The van der Waals surface area contributed by atoms with E-state index in [1.807, 2.05) is 0 Å². The van der Waals surface area contributed by atoms with Crippen molar-refractivity contribution >= 4 is 39.1 Å². The van der Waals surface area contributed by atoms with Gasteiger partial charge in [0.05, 0.1) is 36.6 Å². The monoisotopic (exact) mass is 649 g/mol. The second kappa shape index (κ2) is 12.1. The zero-order chi connectivity index (χ0) is 29.4. The molecular weight excluding hydrogens is 625 g/mol. The number of hydrogen-bond acceptors (Lipinski definition) is 9. The first-order valence-corrected chi connectivity index (χ1v) is 13.9. The molecule has 0 radical (unpaired) electrons. The summed E-state index contributed by atoms with van der Waals surface area (Å²) in [5, 5.41) is 49.7. The van der Waals surface area contributed by atoms with Crippen LogP contribution in [0.4, 0.5) is 10.1 Å². The van der Waals surface area contributed by atoms with Crippen LogP contribution < -0.4 is 4.90 Å². The molecule has 1 amide bonds. The molecular formula is C27H26BrClFN5O6. The normalized spacial score (nSPS) is 27.6. The number of hydrogen-bond donors (Lipinski definition) is 3. The lowest BCUT2D eigenvalue weighted by molar-refractivity contribution is -0.211. The number of aliphatic hydroxyl groups excluding tert-OH is 3. The van der Waals surface area contributed by atoms with Gasteiger partial charge in [0.1, 0.15) is 35.9 Å². The van der Waals surface area contributed by atoms with Crippen LogP contribution in [0.1, 0.15) is 24.4 Å². The maximum atomic E-state index is 14.3. The number of benzene rings is 2. The smallest absolute Gasteiger partial charge is 0.259 e. The van der Waals surface area contributed by atoms with E-state index < -0.39 is 60.9 Å². The van der Waals surface area contributed by atoms with Gasteiger partial charge in [-0.25, -0.2) is 9.07 Å². The highest BCUT2D eigenvalue weighted by atomic mass is 79.9. The molecule has 0 spiro atoms. The van der Waals surface area contributed by atoms with E-state index >= 15 is 0 Å². The van der Waals surface area contributed by atoms with Crippen molar-refractivity contribution in [3.63, 3.8) is 0 Å².